The highest BCUT2D eigenvalue weighted by Crippen LogP contribution is 2.27. The predicted octanol–water partition coefficient (Wildman–Crippen LogP) is -0.145. The minimum absolute atomic E-state index is 0.0741. The molecule has 1 fully saturated rings. The van der Waals surface area contributed by atoms with E-state index in [1.807, 2.05) is 0 Å². The molecule has 0 aromatic carbocycles. The summed E-state index contributed by atoms with van der Waals surface area (Å²) in [6.07, 6.45) is 2.79. The fourth-order valence-electron chi connectivity index (χ4n) is 2.60. The van der Waals surface area contributed by atoms with E-state index in [9.17, 15) is 8.42 Å². The van der Waals surface area contributed by atoms with Gasteiger partial charge in [0, 0.05) is 33.3 Å². The number of piperidine rings is 1. The number of nitrogens with two attached hydrogens (primary N) is 1. The van der Waals surface area contributed by atoms with Gasteiger partial charge < -0.3 is 10.5 Å². The van der Waals surface area contributed by atoms with E-state index in [2.05, 4.69) is 5.10 Å². The van der Waals surface area contributed by atoms with Crippen LogP contribution in [0.2, 0.25) is 0 Å². The number of hydrogen-bond donors (Lipinski definition) is 1. The van der Waals surface area contributed by atoms with Crippen molar-refractivity contribution in [2.75, 3.05) is 20.2 Å². The van der Waals surface area contributed by atoms with Gasteiger partial charge in [0.25, 0.3) is 0 Å². The quantitative estimate of drug-likeness (QED) is 0.835. The number of aryl methyl sites for hydroxylation is 1. The summed E-state index contributed by atoms with van der Waals surface area (Å²) in [6, 6.07) is -0.224. The van der Waals surface area contributed by atoms with Crippen LogP contribution in [0.3, 0.4) is 0 Å². The maximum atomic E-state index is 12.8. The van der Waals surface area contributed by atoms with E-state index >= 15 is 0 Å². The molecule has 114 valence electrons. The Balaban J connectivity index is 2.31. The normalized spacial score (nSPS) is 25.0. The summed E-state index contributed by atoms with van der Waals surface area (Å²) < 4.78 is 33.9. The predicted molar refractivity (Wildman–Crippen MR) is 74.7 cm³/mol. The van der Waals surface area contributed by atoms with Gasteiger partial charge in [-0.05, 0) is 19.8 Å². The SMILES string of the molecule is COC1CCN(S(=O)(=O)c2cnn(C)c2C)C(CN)C1. The Morgan fingerprint density at radius 1 is 1.55 bits per heavy atom. The van der Waals surface area contributed by atoms with Gasteiger partial charge in [-0.3, -0.25) is 4.68 Å². The van der Waals surface area contributed by atoms with Gasteiger partial charge in [0.2, 0.25) is 10.0 Å². The molecule has 8 heteroatoms. The summed E-state index contributed by atoms with van der Waals surface area (Å²) in [5, 5.41) is 4.01. The monoisotopic (exact) mass is 302 g/mol. The van der Waals surface area contributed by atoms with Crippen molar-refractivity contribution in [2.45, 2.75) is 36.8 Å². The van der Waals surface area contributed by atoms with Crippen LogP contribution in [0.25, 0.3) is 0 Å². The molecule has 1 aromatic rings. The fourth-order valence-corrected chi connectivity index (χ4v) is 4.44. The molecule has 2 unspecified atom stereocenters. The molecule has 2 heterocycles. The third-order valence-electron chi connectivity index (χ3n) is 4.00. The Bertz CT molecular complexity index is 569. The highest BCUT2D eigenvalue weighted by molar-refractivity contribution is 7.89. The topological polar surface area (TPSA) is 90.5 Å². The summed E-state index contributed by atoms with van der Waals surface area (Å²) in [6.45, 7) is 2.47. The zero-order valence-electron chi connectivity index (χ0n) is 12.1. The van der Waals surface area contributed by atoms with Crippen LogP contribution in [-0.2, 0) is 21.8 Å². The first-order valence-electron chi connectivity index (χ1n) is 6.65. The molecule has 0 aliphatic carbocycles. The Morgan fingerprint density at radius 2 is 2.25 bits per heavy atom. The first-order chi connectivity index (χ1) is 9.41. The smallest absolute Gasteiger partial charge is 0.246 e. The van der Waals surface area contributed by atoms with E-state index in [4.69, 9.17) is 10.5 Å². The third-order valence-corrected chi connectivity index (χ3v) is 6.05. The summed E-state index contributed by atoms with van der Waals surface area (Å²) >= 11 is 0. The Morgan fingerprint density at radius 3 is 2.75 bits per heavy atom. The minimum Gasteiger partial charge on any atom is -0.381 e. The molecular weight excluding hydrogens is 280 g/mol. The minimum atomic E-state index is -3.55. The van der Waals surface area contributed by atoms with Crippen molar-refractivity contribution in [3.8, 4) is 0 Å². The molecule has 7 nitrogen and oxygen atoms in total. The van der Waals surface area contributed by atoms with E-state index in [1.54, 1.807) is 25.8 Å². The molecule has 1 aromatic heterocycles. The van der Waals surface area contributed by atoms with E-state index in [1.165, 1.54) is 10.5 Å². The number of ether oxygens (including phenoxy) is 1. The Kier molecular flexibility index (Phi) is 4.48. The van der Waals surface area contributed by atoms with Gasteiger partial charge >= 0.3 is 0 Å². The van der Waals surface area contributed by atoms with Crippen molar-refractivity contribution in [3.63, 3.8) is 0 Å². The van der Waals surface area contributed by atoms with E-state index in [0.29, 0.717) is 31.6 Å². The molecule has 0 bridgehead atoms. The average Bonchev–Trinajstić information content (AvgIpc) is 2.78. The lowest BCUT2D eigenvalue weighted by atomic mass is 10.0. The molecule has 0 amide bonds. The standard InChI is InChI=1S/C12H22N4O3S/c1-9-12(8-14-15(9)2)20(17,18)16-5-4-11(19-3)6-10(16)7-13/h8,10-11H,4-7,13H2,1-3H3. The van der Waals surface area contributed by atoms with E-state index < -0.39 is 10.0 Å². The van der Waals surface area contributed by atoms with Crippen LogP contribution >= 0.6 is 0 Å². The number of nitrogens with zero attached hydrogens (tertiary/aromatic N) is 3. The van der Waals surface area contributed by atoms with Crippen molar-refractivity contribution >= 4 is 10.0 Å². The second-order valence-electron chi connectivity index (χ2n) is 5.11. The molecule has 2 rings (SSSR count). The number of rotatable bonds is 4. The Hall–Kier alpha value is -0.960. The van der Waals surface area contributed by atoms with Crippen molar-refractivity contribution in [2.24, 2.45) is 12.8 Å². The second-order valence-corrected chi connectivity index (χ2v) is 6.96. The van der Waals surface area contributed by atoms with E-state index in [-0.39, 0.29) is 17.0 Å². The maximum absolute atomic E-state index is 12.8. The van der Waals surface area contributed by atoms with Crippen LogP contribution in [-0.4, -0.2) is 54.8 Å². The van der Waals surface area contributed by atoms with Gasteiger partial charge in [-0.1, -0.05) is 0 Å². The van der Waals surface area contributed by atoms with Gasteiger partial charge in [0.1, 0.15) is 4.90 Å². The fraction of sp³-hybridized carbons (Fsp3) is 0.750. The molecule has 2 N–H and O–H groups in total. The van der Waals surface area contributed by atoms with Crippen molar-refractivity contribution in [1.82, 2.24) is 14.1 Å². The first-order valence-corrected chi connectivity index (χ1v) is 8.09. The summed E-state index contributed by atoms with van der Waals surface area (Å²) in [4.78, 5) is 0.259. The average molecular weight is 302 g/mol. The number of methoxy groups -OCH3 is 1. The molecule has 1 aliphatic rings. The van der Waals surface area contributed by atoms with Gasteiger partial charge in [-0.15, -0.1) is 0 Å². The molecule has 20 heavy (non-hydrogen) atoms. The number of aromatic nitrogens is 2. The van der Waals surface area contributed by atoms with Crippen LogP contribution in [0.1, 0.15) is 18.5 Å². The van der Waals surface area contributed by atoms with Crippen molar-refractivity contribution in [1.29, 1.82) is 0 Å². The largest absolute Gasteiger partial charge is 0.381 e. The van der Waals surface area contributed by atoms with Gasteiger partial charge in [-0.2, -0.15) is 9.40 Å². The molecule has 0 radical (unpaired) electrons. The highest BCUT2D eigenvalue weighted by atomic mass is 32.2. The summed E-state index contributed by atoms with van der Waals surface area (Å²) in [5.41, 5.74) is 6.38. The van der Waals surface area contributed by atoms with Crippen LogP contribution in [0.15, 0.2) is 11.1 Å². The lowest BCUT2D eigenvalue weighted by Gasteiger charge is -2.37. The van der Waals surface area contributed by atoms with E-state index in [0.717, 1.165) is 0 Å². The van der Waals surface area contributed by atoms with Crippen molar-refractivity contribution < 1.29 is 13.2 Å². The maximum Gasteiger partial charge on any atom is 0.246 e. The molecule has 1 saturated heterocycles. The molecular formula is C12H22N4O3S. The van der Waals surface area contributed by atoms with Crippen molar-refractivity contribution in [3.05, 3.63) is 11.9 Å². The molecule has 0 spiro atoms. The second kappa shape index (κ2) is 5.80. The Labute approximate surface area is 119 Å². The molecule has 1 aliphatic heterocycles. The number of sulfonamides is 1. The van der Waals surface area contributed by atoms with Crippen LogP contribution in [0.4, 0.5) is 0 Å². The summed E-state index contributed by atoms with van der Waals surface area (Å²) in [7, 11) is -0.176. The van der Waals surface area contributed by atoms with Crippen LogP contribution < -0.4 is 5.73 Å². The van der Waals surface area contributed by atoms with Gasteiger partial charge in [-0.25, -0.2) is 8.42 Å². The first kappa shape index (κ1) is 15.4. The van der Waals surface area contributed by atoms with Crippen LogP contribution in [0, 0.1) is 6.92 Å². The third kappa shape index (κ3) is 2.60. The lowest BCUT2D eigenvalue weighted by Crippen LogP contribution is -2.51. The molecule has 0 saturated carbocycles. The highest BCUT2D eigenvalue weighted by Gasteiger charge is 2.37. The summed E-state index contributed by atoms with van der Waals surface area (Å²) in [5.74, 6) is 0. The lowest BCUT2D eigenvalue weighted by molar-refractivity contribution is 0.0401. The zero-order valence-corrected chi connectivity index (χ0v) is 12.9. The molecule has 2 atom stereocenters. The van der Waals surface area contributed by atoms with Crippen LogP contribution in [0.5, 0.6) is 0 Å². The number of hydrogen-bond acceptors (Lipinski definition) is 5. The zero-order chi connectivity index (χ0) is 14.9. The van der Waals surface area contributed by atoms with Gasteiger partial charge in [0.15, 0.2) is 0 Å². The van der Waals surface area contributed by atoms with Gasteiger partial charge in [0.05, 0.1) is 18.0 Å².